The molecule has 0 fully saturated rings. The molecule has 0 radical (unpaired) electrons. The van der Waals surface area contributed by atoms with Crippen LogP contribution in [0.5, 0.6) is 11.6 Å². The summed E-state index contributed by atoms with van der Waals surface area (Å²) in [4.78, 5) is 14.9. The molecule has 0 aliphatic rings. The van der Waals surface area contributed by atoms with Crippen molar-refractivity contribution in [1.82, 2.24) is 4.98 Å². The number of carbonyl (C=O) groups excluding carboxylic acids is 1. The van der Waals surface area contributed by atoms with E-state index >= 15 is 0 Å². The van der Waals surface area contributed by atoms with Crippen molar-refractivity contribution >= 4 is 11.6 Å². The van der Waals surface area contributed by atoms with Gasteiger partial charge in [0.15, 0.2) is 0 Å². The lowest BCUT2D eigenvalue weighted by molar-refractivity contribution is -0.118. The normalized spacial score (nSPS) is 11.9. The summed E-state index contributed by atoms with van der Waals surface area (Å²) in [5.74, 6) is 1.29. The van der Waals surface area contributed by atoms with Gasteiger partial charge in [0.05, 0.1) is 11.9 Å². The minimum absolute atomic E-state index is 0.243. The summed E-state index contributed by atoms with van der Waals surface area (Å²) >= 11 is 0. The topological polar surface area (TPSA) is 91.2 Å². The van der Waals surface area contributed by atoms with Gasteiger partial charge in [-0.1, -0.05) is 19.1 Å². The second kappa shape index (κ2) is 7.45. The van der Waals surface area contributed by atoms with E-state index in [-0.39, 0.29) is 5.91 Å². The predicted octanol–water partition coefficient (Wildman–Crippen LogP) is 2.90. The van der Waals surface area contributed by atoms with E-state index < -0.39 is 0 Å². The molecule has 0 bridgehead atoms. The third-order valence-electron chi connectivity index (χ3n) is 3.38. The smallest absolute Gasteiger partial charge is 0.219 e. The fourth-order valence-corrected chi connectivity index (χ4v) is 2.16. The molecule has 0 unspecified atom stereocenters. The summed E-state index contributed by atoms with van der Waals surface area (Å²) in [5.41, 5.74) is 12.6. The maximum atomic E-state index is 10.9. The molecule has 1 aromatic carbocycles. The molecule has 0 saturated heterocycles. The quantitative estimate of drug-likeness (QED) is 0.822. The molecule has 5 heteroatoms. The summed E-state index contributed by atoms with van der Waals surface area (Å²) in [6.45, 7) is 2.04. The predicted molar refractivity (Wildman–Crippen MR) is 86.5 cm³/mol. The molecule has 116 valence electrons. The van der Waals surface area contributed by atoms with Gasteiger partial charge in [-0.15, -0.1) is 0 Å². The number of pyridine rings is 1. The van der Waals surface area contributed by atoms with E-state index in [1.165, 1.54) is 5.56 Å². The summed E-state index contributed by atoms with van der Waals surface area (Å²) in [5, 5.41) is 0. The number of anilines is 1. The Morgan fingerprint density at radius 2 is 1.95 bits per heavy atom. The minimum atomic E-state index is -0.243. The molecule has 4 N–H and O–H groups in total. The number of nitrogen functional groups attached to an aromatic ring is 1. The van der Waals surface area contributed by atoms with Gasteiger partial charge in [-0.2, -0.15) is 0 Å². The van der Waals surface area contributed by atoms with Crippen LogP contribution in [0, 0.1) is 5.92 Å². The average molecular weight is 299 g/mol. The maximum absolute atomic E-state index is 10.9. The molecule has 1 amide bonds. The van der Waals surface area contributed by atoms with Gasteiger partial charge in [-0.3, -0.25) is 4.79 Å². The Labute approximate surface area is 130 Å². The van der Waals surface area contributed by atoms with Crippen LogP contribution in [-0.2, 0) is 11.2 Å². The highest BCUT2D eigenvalue weighted by Gasteiger charge is 2.06. The zero-order valence-electron chi connectivity index (χ0n) is 12.7. The number of hydrogen-bond donors (Lipinski definition) is 2. The van der Waals surface area contributed by atoms with E-state index in [4.69, 9.17) is 16.2 Å². The first kappa shape index (κ1) is 15.8. The third-order valence-corrected chi connectivity index (χ3v) is 3.38. The Balaban J connectivity index is 1.87. The summed E-state index contributed by atoms with van der Waals surface area (Å²) in [6, 6.07) is 11.3. The van der Waals surface area contributed by atoms with Gasteiger partial charge in [0.2, 0.25) is 11.8 Å². The molecule has 1 aromatic heterocycles. The van der Waals surface area contributed by atoms with Gasteiger partial charge < -0.3 is 16.2 Å². The number of carbonyl (C=O) groups is 1. The second-order valence-corrected chi connectivity index (χ2v) is 5.49. The fourth-order valence-electron chi connectivity index (χ4n) is 2.16. The van der Waals surface area contributed by atoms with Crippen LogP contribution in [0.1, 0.15) is 25.3 Å². The van der Waals surface area contributed by atoms with Gasteiger partial charge in [-0.05, 0) is 42.5 Å². The molecular weight excluding hydrogens is 278 g/mol. The maximum Gasteiger partial charge on any atom is 0.219 e. The number of nitrogens with two attached hydrogens (primary N) is 2. The molecule has 2 rings (SSSR count). The molecule has 1 atom stereocenters. The molecular formula is C17H21N3O2. The largest absolute Gasteiger partial charge is 0.439 e. The van der Waals surface area contributed by atoms with Crippen LogP contribution >= 0.6 is 0 Å². The van der Waals surface area contributed by atoms with Crippen molar-refractivity contribution in [3.05, 3.63) is 48.2 Å². The zero-order valence-corrected chi connectivity index (χ0v) is 12.7. The first-order valence-electron chi connectivity index (χ1n) is 7.29. The third kappa shape index (κ3) is 5.09. The van der Waals surface area contributed by atoms with Crippen molar-refractivity contribution < 1.29 is 9.53 Å². The number of rotatable bonds is 7. The van der Waals surface area contributed by atoms with Crippen LogP contribution in [0.15, 0.2) is 42.6 Å². The molecule has 5 nitrogen and oxygen atoms in total. The Bertz CT molecular complexity index is 609. The standard InChI is InChI=1S/C17H21N3O2/c1-12(10-16(19)21)2-3-13-4-7-15(8-5-13)22-17-9-6-14(18)11-20-17/h4-9,11-12H,2-3,10,18H2,1H3,(H2,19,21)/t12-/m0/s1. The van der Waals surface area contributed by atoms with E-state index in [1.54, 1.807) is 18.3 Å². The van der Waals surface area contributed by atoms with Crippen molar-refractivity contribution in [3.63, 3.8) is 0 Å². The van der Waals surface area contributed by atoms with Crippen molar-refractivity contribution in [2.75, 3.05) is 5.73 Å². The first-order valence-corrected chi connectivity index (χ1v) is 7.29. The van der Waals surface area contributed by atoms with Crippen LogP contribution in [0.4, 0.5) is 5.69 Å². The lowest BCUT2D eigenvalue weighted by Crippen LogP contribution is -2.15. The number of ether oxygens (including phenoxy) is 1. The monoisotopic (exact) mass is 299 g/mol. The highest BCUT2D eigenvalue weighted by atomic mass is 16.5. The highest BCUT2D eigenvalue weighted by Crippen LogP contribution is 2.21. The van der Waals surface area contributed by atoms with E-state index in [0.29, 0.717) is 23.9 Å². The zero-order chi connectivity index (χ0) is 15.9. The van der Waals surface area contributed by atoms with E-state index in [9.17, 15) is 4.79 Å². The summed E-state index contributed by atoms with van der Waals surface area (Å²) in [6.07, 6.45) is 3.84. The van der Waals surface area contributed by atoms with Gasteiger partial charge in [0, 0.05) is 12.5 Å². The molecule has 0 saturated carbocycles. The Morgan fingerprint density at radius 3 is 2.55 bits per heavy atom. The lowest BCUT2D eigenvalue weighted by Gasteiger charge is -2.09. The number of benzene rings is 1. The van der Waals surface area contributed by atoms with Crippen LogP contribution in [0.25, 0.3) is 0 Å². The minimum Gasteiger partial charge on any atom is -0.439 e. The van der Waals surface area contributed by atoms with Crippen molar-refractivity contribution in [3.8, 4) is 11.6 Å². The van der Waals surface area contributed by atoms with Gasteiger partial charge >= 0.3 is 0 Å². The molecule has 1 heterocycles. The number of primary amides is 1. The van der Waals surface area contributed by atoms with Gasteiger partial charge in [0.1, 0.15) is 5.75 Å². The molecule has 0 aliphatic heterocycles. The number of nitrogens with zero attached hydrogens (tertiary/aromatic N) is 1. The van der Waals surface area contributed by atoms with E-state index in [2.05, 4.69) is 4.98 Å². The SMILES string of the molecule is C[C@@H](CCc1ccc(Oc2ccc(N)cn2)cc1)CC(N)=O. The van der Waals surface area contributed by atoms with Gasteiger partial charge in [0.25, 0.3) is 0 Å². The van der Waals surface area contributed by atoms with Crippen molar-refractivity contribution in [2.24, 2.45) is 11.7 Å². The van der Waals surface area contributed by atoms with Crippen LogP contribution in [-0.4, -0.2) is 10.9 Å². The fraction of sp³-hybridized carbons (Fsp3) is 0.294. The summed E-state index contributed by atoms with van der Waals surface area (Å²) < 4.78 is 5.64. The number of aryl methyl sites for hydroxylation is 1. The number of amides is 1. The number of hydrogen-bond acceptors (Lipinski definition) is 4. The van der Waals surface area contributed by atoms with Gasteiger partial charge in [-0.25, -0.2) is 4.98 Å². The van der Waals surface area contributed by atoms with Crippen molar-refractivity contribution in [2.45, 2.75) is 26.2 Å². The average Bonchev–Trinajstić information content (AvgIpc) is 2.48. The lowest BCUT2D eigenvalue weighted by atomic mass is 9.98. The van der Waals surface area contributed by atoms with Crippen molar-refractivity contribution in [1.29, 1.82) is 0 Å². The molecule has 0 aliphatic carbocycles. The molecule has 0 spiro atoms. The van der Waals surface area contributed by atoms with Crippen LogP contribution in [0.2, 0.25) is 0 Å². The first-order chi connectivity index (χ1) is 10.5. The highest BCUT2D eigenvalue weighted by molar-refractivity contribution is 5.73. The van der Waals surface area contributed by atoms with Crippen LogP contribution < -0.4 is 16.2 Å². The second-order valence-electron chi connectivity index (χ2n) is 5.49. The van der Waals surface area contributed by atoms with E-state index in [1.807, 2.05) is 31.2 Å². The Hall–Kier alpha value is -2.56. The molecule has 22 heavy (non-hydrogen) atoms. The Kier molecular flexibility index (Phi) is 5.36. The van der Waals surface area contributed by atoms with Crippen LogP contribution in [0.3, 0.4) is 0 Å². The Morgan fingerprint density at radius 1 is 1.23 bits per heavy atom. The molecule has 2 aromatic rings. The van der Waals surface area contributed by atoms with E-state index in [0.717, 1.165) is 18.6 Å². The number of aromatic nitrogens is 1. The summed E-state index contributed by atoms with van der Waals surface area (Å²) in [7, 11) is 0.